The van der Waals surface area contributed by atoms with Crippen molar-refractivity contribution in [2.75, 3.05) is 40.1 Å². The first-order valence-corrected chi connectivity index (χ1v) is 13.1. The van der Waals surface area contributed by atoms with Gasteiger partial charge in [-0.1, -0.05) is 36.1 Å². The van der Waals surface area contributed by atoms with Crippen molar-refractivity contribution in [3.8, 4) is 0 Å². The first kappa shape index (κ1) is 40.7. The molecule has 0 radical (unpaired) electrons. The lowest BCUT2D eigenvalue weighted by Crippen LogP contribution is -2.29. The molecule has 0 atom stereocenters. The van der Waals surface area contributed by atoms with Crippen LogP contribution >= 0.6 is 0 Å². The van der Waals surface area contributed by atoms with Gasteiger partial charge in [0.15, 0.2) is 0 Å². The molecule has 8 heteroatoms. The molecule has 2 saturated carbocycles. The molecule has 0 aliphatic heterocycles. The van der Waals surface area contributed by atoms with E-state index in [-0.39, 0.29) is 47.7 Å². The van der Waals surface area contributed by atoms with Gasteiger partial charge >= 0.3 is 18.0 Å². The molecule has 8 nitrogen and oxygen atoms in total. The van der Waals surface area contributed by atoms with E-state index in [0.29, 0.717) is 56.5 Å². The van der Waals surface area contributed by atoms with E-state index < -0.39 is 0 Å². The van der Waals surface area contributed by atoms with Crippen LogP contribution in [0, 0.1) is 23.7 Å². The van der Waals surface area contributed by atoms with Gasteiger partial charge in [-0.25, -0.2) is 4.79 Å². The zero-order valence-corrected chi connectivity index (χ0v) is 21.2. The molecule has 0 bridgehead atoms. The topological polar surface area (TPSA) is 100 Å². The van der Waals surface area contributed by atoms with Crippen LogP contribution in [0.5, 0.6) is 0 Å². The fraction of sp³-hybridized carbons (Fsp3) is 0.900. The van der Waals surface area contributed by atoms with Gasteiger partial charge in [-0.15, -0.1) is 0 Å². The molecule has 0 aromatic heterocycles. The molecule has 2 aliphatic rings. The second-order valence-corrected chi connectivity index (χ2v) is 10.1. The number of carbonyl (C=O) groups excluding carboxylic acids is 3. The molecular weight excluding hydrogens is 486 g/mol. The molecule has 0 aromatic rings. The lowest BCUT2D eigenvalue weighted by Gasteiger charge is -2.27. The van der Waals surface area contributed by atoms with Crippen LogP contribution in [-0.2, 0) is 28.5 Å². The van der Waals surface area contributed by atoms with E-state index in [9.17, 15) is 14.4 Å². The molecule has 1 N–H and O–H groups in total. The fourth-order valence-corrected chi connectivity index (χ4v) is 4.89. The molecule has 0 heterocycles. The number of hydrogen-bond donors (Lipinski definition) is 1. The Balaban J connectivity index is -0.00000306. The summed E-state index contributed by atoms with van der Waals surface area (Å²) < 4.78 is 21.1. The van der Waals surface area contributed by atoms with Crippen LogP contribution in [0.15, 0.2) is 0 Å². The van der Waals surface area contributed by atoms with Gasteiger partial charge in [-0.3, -0.25) is 9.59 Å². The average molecular weight is 548 g/mol. The van der Waals surface area contributed by atoms with E-state index in [1.165, 1.54) is 6.92 Å². The van der Waals surface area contributed by atoms with Gasteiger partial charge in [0.25, 0.3) is 0 Å². The summed E-state index contributed by atoms with van der Waals surface area (Å²) in [6.45, 7) is 4.29. The molecule has 2 rings (SSSR count). The van der Waals surface area contributed by atoms with Crippen molar-refractivity contribution in [2.45, 2.75) is 114 Å². The predicted octanol–water partition coefficient (Wildman–Crippen LogP) is 7.18. The Morgan fingerprint density at radius 1 is 0.632 bits per heavy atom. The van der Waals surface area contributed by atoms with E-state index in [2.05, 4.69) is 5.32 Å². The minimum Gasteiger partial charge on any atom is -0.466 e. The van der Waals surface area contributed by atoms with Gasteiger partial charge < -0.3 is 24.3 Å². The highest BCUT2D eigenvalue weighted by atomic mass is 16.5. The largest absolute Gasteiger partial charge is 0.466 e. The highest BCUT2D eigenvalue weighted by Gasteiger charge is 2.23. The lowest BCUT2D eigenvalue weighted by atomic mass is 9.83. The van der Waals surface area contributed by atoms with Crippen LogP contribution in [0.2, 0.25) is 0 Å². The molecule has 38 heavy (non-hydrogen) atoms. The summed E-state index contributed by atoms with van der Waals surface area (Å²) in [5, 5.41) is 2.79. The van der Waals surface area contributed by atoms with Crippen molar-refractivity contribution < 1.29 is 33.3 Å². The van der Waals surface area contributed by atoms with Gasteiger partial charge in [0.2, 0.25) is 0 Å². The number of hydrogen-bond acceptors (Lipinski definition) is 7. The standard InChI is InChI=1S/C26H45NO7.4CH4/c1-20(28)32-17-22-11-13-24(14-12-22)19-34-26(30)27-15-5-3-4-6-25(29)33-18-23-9-7-21(8-10-23)16-31-2;;;;/h21-24H,3-19H2,1-2H3,(H,27,30);4*1H4. The molecule has 228 valence electrons. The summed E-state index contributed by atoms with van der Waals surface area (Å²) in [7, 11) is 1.75. The Labute approximate surface area is 234 Å². The molecule has 0 spiro atoms. The average Bonchev–Trinajstić information content (AvgIpc) is 2.84. The first-order valence-electron chi connectivity index (χ1n) is 13.1. The van der Waals surface area contributed by atoms with Gasteiger partial charge in [-0.05, 0) is 87.9 Å². The minimum atomic E-state index is -0.373. The summed E-state index contributed by atoms with van der Waals surface area (Å²) in [4.78, 5) is 34.7. The second-order valence-electron chi connectivity index (χ2n) is 10.1. The Morgan fingerprint density at radius 2 is 1.08 bits per heavy atom. The van der Waals surface area contributed by atoms with E-state index in [4.69, 9.17) is 18.9 Å². The molecule has 0 unspecified atom stereocenters. The zero-order valence-electron chi connectivity index (χ0n) is 21.2. The highest BCUT2D eigenvalue weighted by molar-refractivity contribution is 5.69. The van der Waals surface area contributed by atoms with Crippen molar-refractivity contribution in [1.29, 1.82) is 0 Å². The maximum atomic E-state index is 12.0. The summed E-state index contributed by atoms with van der Waals surface area (Å²) in [5.74, 6) is 1.60. The Hall–Kier alpha value is -1.83. The maximum Gasteiger partial charge on any atom is 0.407 e. The van der Waals surface area contributed by atoms with E-state index in [1.54, 1.807) is 7.11 Å². The Morgan fingerprint density at radius 3 is 1.55 bits per heavy atom. The maximum absolute atomic E-state index is 12.0. The minimum absolute atomic E-state index is 0. The lowest BCUT2D eigenvalue weighted by molar-refractivity contribution is -0.145. The molecule has 0 aromatic carbocycles. The number of alkyl carbamates (subject to hydrolysis) is 1. The normalized spacial score (nSPS) is 22.2. The van der Waals surface area contributed by atoms with Crippen LogP contribution in [0.25, 0.3) is 0 Å². The predicted molar refractivity (Wildman–Crippen MR) is 155 cm³/mol. The van der Waals surface area contributed by atoms with Crippen LogP contribution in [0.1, 0.15) is 114 Å². The number of methoxy groups -OCH3 is 1. The third-order valence-corrected chi connectivity index (χ3v) is 7.11. The summed E-state index contributed by atoms with van der Waals surface area (Å²) in [6.07, 6.45) is 11.0. The van der Waals surface area contributed by atoms with Crippen LogP contribution < -0.4 is 5.32 Å². The smallest absolute Gasteiger partial charge is 0.407 e. The van der Waals surface area contributed by atoms with Crippen molar-refractivity contribution in [2.24, 2.45) is 23.7 Å². The van der Waals surface area contributed by atoms with E-state index in [1.807, 2.05) is 0 Å². The summed E-state index contributed by atoms with van der Waals surface area (Å²) in [6, 6.07) is 0. The number of ether oxygens (including phenoxy) is 4. The van der Waals surface area contributed by atoms with Crippen LogP contribution in [0.4, 0.5) is 4.79 Å². The summed E-state index contributed by atoms with van der Waals surface area (Å²) in [5.41, 5.74) is 0. The van der Waals surface area contributed by atoms with Crippen molar-refractivity contribution in [1.82, 2.24) is 5.32 Å². The monoisotopic (exact) mass is 547 g/mol. The van der Waals surface area contributed by atoms with Crippen LogP contribution in [-0.4, -0.2) is 58.1 Å². The number of amides is 1. The van der Waals surface area contributed by atoms with Gasteiger partial charge in [0.05, 0.1) is 19.8 Å². The van der Waals surface area contributed by atoms with E-state index in [0.717, 1.165) is 77.2 Å². The van der Waals surface area contributed by atoms with Gasteiger partial charge in [0, 0.05) is 33.6 Å². The number of unbranched alkanes of at least 4 members (excludes halogenated alkanes) is 2. The number of carbonyl (C=O) groups is 3. The molecule has 1 amide bonds. The quantitative estimate of drug-likeness (QED) is 0.140. The molecule has 2 aliphatic carbocycles. The molecule has 2 fully saturated rings. The molecule has 0 saturated heterocycles. The number of esters is 2. The number of nitrogens with one attached hydrogen (secondary N) is 1. The Bertz CT molecular complexity index is 597. The molecular formula is C30H61NO7. The van der Waals surface area contributed by atoms with Crippen molar-refractivity contribution in [3.05, 3.63) is 0 Å². The third kappa shape index (κ3) is 18.4. The van der Waals surface area contributed by atoms with Crippen LogP contribution in [0.3, 0.4) is 0 Å². The SMILES string of the molecule is C.C.C.C.COCC1CCC(COC(=O)CCCCCNC(=O)OCC2CCC(COC(C)=O)CC2)CC1. The Kier molecular flexibility index (Phi) is 25.9. The van der Waals surface area contributed by atoms with Gasteiger partial charge in [-0.2, -0.15) is 0 Å². The fourth-order valence-electron chi connectivity index (χ4n) is 4.89. The second kappa shape index (κ2) is 24.2. The first-order chi connectivity index (χ1) is 16.5. The van der Waals surface area contributed by atoms with E-state index >= 15 is 0 Å². The zero-order chi connectivity index (χ0) is 24.6. The van der Waals surface area contributed by atoms with Crippen molar-refractivity contribution >= 4 is 18.0 Å². The number of rotatable bonds is 14. The third-order valence-electron chi connectivity index (χ3n) is 7.11. The summed E-state index contributed by atoms with van der Waals surface area (Å²) >= 11 is 0. The van der Waals surface area contributed by atoms with Gasteiger partial charge in [0.1, 0.15) is 0 Å². The highest BCUT2D eigenvalue weighted by Crippen LogP contribution is 2.30. The van der Waals surface area contributed by atoms with Crippen molar-refractivity contribution in [3.63, 3.8) is 0 Å².